The number of nitrogens with one attached hydrogen (secondary N) is 1. The van der Waals surface area contributed by atoms with Crippen LogP contribution in [0.4, 0.5) is 0 Å². The van der Waals surface area contributed by atoms with E-state index < -0.39 is 0 Å². The number of rotatable bonds is 3. The Morgan fingerprint density at radius 2 is 1.62 bits per heavy atom. The highest BCUT2D eigenvalue weighted by atomic mass is 16.2. The zero-order chi connectivity index (χ0) is 17.2. The number of nitrogens with zero attached hydrogens (tertiary/aromatic N) is 1. The van der Waals surface area contributed by atoms with Crippen LogP contribution in [0.5, 0.6) is 0 Å². The first-order chi connectivity index (χ1) is 11.4. The van der Waals surface area contributed by atoms with Gasteiger partial charge in [-0.25, -0.2) is 0 Å². The second kappa shape index (κ2) is 6.78. The average molecular weight is 322 g/mol. The van der Waals surface area contributed by atoms with Crippen molar-refractivity contribution in [2.45, 2.75) is 45.3 Å². The first-order valence-electron chi connectivity index (χ1n) is 8.62. The number of benzene rings is 2. The molecule has 1 amide bonds. The molecule has 0 fully saturated rings. The molecule has 1 atom stereocenters. The molecule has 0 bridgehead atoms. The Kier molecular flexibility index (Phi) is 4.72. The molecule has 0 radical (unpaired) electrons. The number of carbonyl (C=O) groups excluding carboxylic acids is 1. The lowest BCUT2D eigenvalue weighted by Gasteiger charge is -2.36. The van der Waals surface area contributed by atoms with E-state index >= 15 is 0 Å². The lowest BCUT2D eigenvalue weighted by molar-refractivity contribution is -0.128. The molecule has 1 heterocycles. The minimum atomic E-state index is -0.251. The molecule has 1 unspecified atom stereocenters. The number of fused-ring (bicyclic) bond motifs is 1. The molecular formula is C21H26N2O. The van der Waals surface area contributed by atoms with Gasteiger partial charge in [-0.2, -0.15) is 0 Å². The predicted molar refractivity (Wildman–Crippen MR) is 97.6 cm³/mol. The Bertz CT molecular complexity index is 703. The molecule has 0 spiro atoms. The van der Waals surface area contributed by atoms with E-state index in [9.17, 15) is 4.79 Å². The van der Waals surface area contributed by atoms with E-state index in [0.717, 1.165) is 25.1 Å². The Morgan fingerprint density at radius 3 is 2.29 bits per heavy atom. The van der Waals surface area contributed by atoms with E-state index in [0.29, 0.717) is 0 Å². The van der Waals surface area contributed by atoms with Gasteiger partial charge in [-0.3, -0.25) is 9.69 Å². The van der Waals surface area contributed by atoms with E-state index in [1.54, 1.807) is 0 Å². The van der Waals surface area contributed by atoms with Gasteiger partial charge in [-0.05, 0) is 43.9 Å². The molecule has 24 heavy (non-hydrogen) atoms. The van der Waals surface area contributed by atoms with Crippen molar-refractivity contribution in [1.82, 2.24) is 10.2 Å². The van der Waals surface area contributed by atoms with Crippen molar-refractivity contribution < 1.29 is 4.79 Å². The van der Waals surface area contributed by atoms with Gasteiger partial charge in [0.2, 0.25) is 5.91 Å². The fourth-order valence-corrected chi connectivity index (χ4v) is 3.34. The number of hydrogen-bond acceptors (Lipinski definition) is 2. The largest absolute Gasteiger partial charge is 0.350 e. The second-order valence-corrected chi connectivity index (χ2v) is 7.54. The third-order valence-electron chi connectivity index (χ3n) is 4.39. The summed E-state index contributed by atoms with van der Waals surface area (Å²) in [6.07, 6.45) is 0.988. The summed E-state index contributed by atoms with van der Waals surface area (Å²) < 4.78 is 0. The number of carbonyl (C=O) groups is 1. The molecule has 2 aromatic rings. The Morgan fingerprint density at radius 1 is 1.00 bits per heavy atom. The van der Waals surface area contributed by atoms with Gasteiger partial charge in [0.25, 0.3) is 0 Å². The van der Waals surface area contributed by atoms with Crippen LogP contribution in [-0.2, 0) is 17.8 Å². The fourth-order valence-electron chi connectivity index (χ4n) is 3.34. The second-order valence-electron chi connectivity index (χ2n) is 7.54. The highest BCUT2D eigenvalue weighted by molar-refractivity contribution is 5.83. The van der Waals surface area contributed by atoms with Crippen LogP contribution in [0.2, 0.25) is 0 Å². The lowest BCUT2D eigenvalue weighted by atomic mass is 9.95. The smallest absolute Gasteiger partial charge is 0.242 e. The Labute approximate surface area is 144 Å². The van der Waals surface area contributed by atoms with E-state index in [1.807, 2.05) is 51.1 Å². The average Bonchev–Trinajstić information content (AvgIpc) is 2.54. The van der Waals surface area contributed by atoms with E-state index in [-0.39, 0.29) is 17.5 Å². The maximum Gasteiger partial charge on any atom is 0.242 e. The van der Waals surface area contributed by atoms with Crippen LogP contribution in [0.1, 0.15) is 43.5 Å². The standard InChI is InChI=1S/C21H26N2O/c1-21(2,3)22-20(24)19(17-10-5-4-6-11-17)23-14-13-16-9-7-8-12-18(16)15-23/h4-12,19H,13-15H2,1-3H3,(H,22,24). The van der Waals surface area contributed by atoms with Crippen molar-refractivity contribution in [1.29, 1.82) is 0 Å². The molecule has 3 heteroatoms. The summed E-state index contributed by atoms with van der Waals surface area (Å²) >= 11 is 0. The third kappa shape index (κ3) is 3.85. The van der Waals surface area contributed by atoms with E-state index in [1.165, 1.54) is 11.1 Å². The zero-order valence-electron chi connectivity index (χ0n) is 14.8. The Balaban J connectivity index is 1.90. The Hall–Kier alpha value is -2.13. The predicted octanol–water partition coefficient (Wildman–Crippen LogP) is 3.70. The molecule has 0 aliphatic carbocycles. The summed E-state index contributed by atoms with van der Waals surface area (Å²) in [5, 5.41) is 3.16. The summed E-state index contributed by atoms with van der Waals surface area (Å²) in [5.74, 6) is 0.0769. The number of amides is 1. The molecule has 2 aromatic carbocycles. The minimum Gasteiger partial charge on any atom is -0.350 e. The summed E-state index contributed by atoms with van der Waals surface area (Å²) in [4.78, 5) is 15.3. The first-order valence-corrected chi connectivity index (χ1v) is 8.62. The summed E-state index contributed by atoms with van der Waals surface area (Å²) in [7, 11) is 0. The normalized spacial score (nSPS) is 16.3. The molecule has 1 aliphatic rings. The maximum atomic E-state index is 13.0. The first kappa shape index (κ1) is 16.7. The van der Waals surface area contributed by atoms with Crippen LogP contribution in [0, 0.1) is 0 Å². The van der Waals surface area contributed by atoms with Gasteiger partial charge >= 0.3 is 0 Å². The summed E-state index contributed by atoms with van der Waals surface area (Å²) in [6.45, 7) is 7.79. The zero-order valence-corrected chi connectivity index (χ0v) is 14.8. The van der Waals surface area contributed by atoms with E-state index in [4.69, 9.17) is 0 Å². The van der Waals surface area contributed by atoms with Crippen molar-refractivity contribution >= 4 is 5.91 Å². The molecule has 3 rings (SSSR count). The van der Waals surface area contributed by atoms with Gasteiger partial charge in [0.1, 0.15) is 6.04 Å². The summed E-state index contributed by atoms with van der Waals surface area (Å²) in [6, 6.07) is 18.4. The highest BCUT2D eigenvalue weighted by Gasteiger charge is 2.31. The maximum absolute atomic E-state index is 13.0. The quantitative estimate of drug-likeness (QED) is 0.934. The molecule has 1 aliphatic heterocycles. The van der Waals surface area contributed by atoms with Gasteiger partial charge in [0.05, 0.1) is 0 Å². The fraction of sp³-hybridized carbons (Fsp3) is 0.381. The van der Waals surface area contributed by atoms with Gasteiger partial charge in [-0.15, -0.1) is 0 Å². The van der Waals surface area contributed by atoms with Crippen molar-refractivity contribution in [3.8, 4) is 0 Å². The van der Waals surface area contributed by atoms with Gasteiger partial charge < -0.3 is 5.32 Å². The van der Waals surface area contributed by atoms with E-state index in [2.05, 4.69) is 34.5 Å². The number of hydrogen-bond donors (Lipinski definition) is 1. The third-order valence-corrected chi connectivity index (χ3v) is 4.39. The SMILES string of the molecule is CC(C)(C)NC(=O)C(c1ccccc1)N1CCc2ccccc2C1. The van der Waals surface area contributed by atoms with Gasteiger partial charge in [0.15, 0.2) is 0 Å². The molecule has 126 valence electrons. The highest BCUT2D eigenvalue weighted by Crippen LogP contribution is 2.28. The monoisotopic (exact) mass is 322 g/mol. The summed E-state index contributed by atoms with van der Waals surface area (Å²) in [5.41, 5.74) is 3.54. The van der Waals surface area contributed by atoms with Gasteiger partial charge in [-0.1, -0.05) is 54.6 Å². The molecule has 0 aromatic heterocycles. The molecule has 3 nitrogen and oxygen atoms in total. The minimum absolute atomic E-state index is 0.0769. The van der Waals surface area contributed by atoms with Crippen LogP contribution in [0.25, 0.3) is 0 Å². The van der Waals surface area contributed by atoms with Crippen LogP contribution in [0.15, 0.2) is 54.6 Å². The lowest BCUT2D eigenvalue weighted by Crippen LogP contribution is -2.48. The van der Waals surface area contributed by atoms with Crippen LogP contribution >= 0.6 is 0 Å². The van der Waals surface area contributed by atoms with Crippen LogP contribution in [-0.4, -0.2) is 22.9 Å². The van der Waals surface area contributed by atoms with Crippen LogP contribution < -0.4 is 5.32 Å². The van der Waals surface area contributed by atoms with Crippen molar-refractivity contribution in [2.24, 2.45) is 0 Å². The molecular weight excluding hydrogens is 296 g/mol. The van der Waals surface area contributed by atoms with Crippen molar-refractivity contribution in [3.05, 3.63) is 71.3 Å². The van der Waals surface area contributed by atoms with Crippen molar-refractivity contribution in [2.75, 3.05) is 6.54 Å². The molecule has 1 N–H and O–H groups in total. The van der Waals surface area contributed by atoms with Gasteiger partial charge in [0, 0.05) is 18.6 Å². The van der Waals surface area contributed by atoms with Crippen molar-refractivity contribution in [3.63, 3.8) is 0 Å². The molecule has 0 saturated carbocycles. The molecule has 0 saturated heterocycles. The van der Waals surface area contributed by atoms with Crippen LogP contribution in [0.3, 0.4) is 0 Å². The topological polar surface area (TPSA) is 32.3 Å².